The van der Waals surface area contributed by atoms with Gasteiger partial charge in [-0.2, -0.15) is 0 Å². The maximum atomic E-state index is 5.87. The smallest absolute Gasteiger partial charge is 0.150 e. The minimum Gasteiger partial charge on any atom is -0.399 e. The molecule has 102 valence electrons. The van der Waals surface area contributed by atoms with Crippen molar-refractivity contribution in [3.63, 3.8) is 0 Å². The van der Waals surface area contributed by atoms with Gasteiger partial charge in [-0.15, -0.1) is 11.3 Å². The predicted octanol–water partition coefficient (Wildman–Crippen LogP) is 3.13. The summed E-state index contributed by atoms with van der Waals surface area (Å²) >= 11 is 1.60. The van der Waals surface area contributed by atoms with Crippen molar-refractivity contribution in [2.45, 2.75) is 0 Å². The molecule has 2 N–H and O–H groups in total. The van der Waals surface area contributed by atoms with Gasteiger partial charge < -0.3 is 5.73 Å². The van der Waals surface area contributed by atoms with Gasteiger partial charge in [0.05, 0.1) is 5.39 Å². The molecule has 4 aromatic rings. The standard InChI is InChI=1S/C15H11N5S/c16-11-3-1-2-10(8-11)13-17-5-6-20(13)14-12-4-7-21-15(12)19-9-18-14/h1-9H,16H2. The van der Waals surface area contributed by atoms with Gasteiger partial charge in [0.2, 0.25) is 0 Å². The van der Waals surface area contributed by atoms with Crippen molar-refractivity contribution in [2.75, 3.05) is 5.73 Å². The molecule has 5 nitrogen and oxygen atoms in total. The predicted molar refractivity (Wildman–Crippen MR) is 84.4 cm³/mol. The molecule has 0 spiro atoms. The lowest BCUT2D eigenvalue weighted by molar-refractivity contribution is 1.00. The van der Waals surface area contributed by atoms with E-state index in [2.05, 4.69) is 15.0 Å². The number of nitrogens with two attached hydrogens (primary N) is 1. The molecular weight excluding hydrogens is 282 g/mol. The molecule has 3 heterocycles. The molecule has 0 bridgehead atoms. The number of nitrogens with zero attached hydrogens (tertiary/aromatic N) is 4. The van der Waals surface area contributed by atoms with E-state index >= 15 is 0 Å². The molecule has 0 unspecified atom stereocenters. The first kappa shape index (κ1) is 12.0. The lowest BCUT2D eigenvalue weighted by Crippen LogP contribution is -2.00. The Balaban J connectivity index is 1.95. The van der Waals surface area contributed by atoms with Crippen LogP contribution in [0.25, 0.3) is 27.4 Å². The van der Waals surface area contributed by atoms with E-state index < -0.39 is 0 Å². The van der Waals surface area contributed by atoms with E-state index in [1.807, 2.05) is 46.5 Å². The average Bonchev–Trinajstić information content (AvgIpc) is 3.16. The van der Waals surface area contributed by atoms with Gasteiger partial charge in [0.15, 0.2) is 5.82 Å². The average molecular weight is 293 g/mol. The summed E-state index contributed by atoms with van der Waals surface area (Å²) in [6.07, 6.45) is 5.24. The van der Waals surface area contributed by atoms with E-state index in [9.17, 15) is 0 Å². The summed E-state index contributed by atoms with van der Waals surface area (Å²) in [7, 11) is 0. The monoisotopic (exact) mass is 293 g/mol. The molecule has 0 aliphatic heterocycles. The van der Waals surface area contributed by atoms with Crippen LogP contribution in [0.4, 0.5) is 5.69 Å². The number of thiophene rings is 1. The van der Waals surface area contributed by atoms with Crippen LogP contribution in [0.1, 0.15) is 0 Å². The molecule has 6 heteroatoms. The highest BCUT2D eigenvalue weighted by molar-refractivity contribution is 7.16. The van der Waals surface area contributed by atoms with Gasteiger partial charge >= 0.3 is 0 Å². The highest BCUT2D eigenvalue weighted by Gasteiger charge is 2.12. The minimum absolute atomic E-state index is 0.713. The number of fused-ring (bicyclic) bond motifs is 1. The first-order valence-corrected chi connectivity index (χ1v) is 7.29. The fourth-order valence-corrected chi connectivity index (χ4v) is 3.06. The minimum atomic E-state index is 0.713. The van der Waals surface area contributed by atoms with E-state index in [0.29, 0.717) is 5.69 Å². The summed E-state index contributed by atoms with van der Waals surface area (Å²) in [5.41, 5.74) is 7.54. The van der Waals surface area contributed by atoms with E-state index in [0.717, 1.165) is 27.4 Å². The first-order chi connectivity index (χ1) is 10.3. The Morgan fingerprint density at radius 3 is 2.95 bits per heavy atom. The molecule has 0 fully saturated rings. The van der Waals surface area contributed by atoms with E-state index in [1.165, 1.54) is 0 Å². The molecular formula is C15H11N5S. The van der Waals surface area contributed by atoms with Gasteiger partial charge in [0.25, 0.3) is 0 Å². The van der Waals surface area contributed by atoms with Crippen LogP contribution in [0.15, 0.2) is 54.4 Å². The number of anilines is 1. The number of aromatic nitrogens is 4. The third-order valence-corrected chi connectivity index (χ3v) is 4.08. The van der Waals surface area contributed by atoms with Crippen molar-refractivity contribution in [3.05, 3.63) is 54.4 Å². The Bertz CT molecular complexity index is 924. The molecule has 0 radical (unpaired) electrons. The summed E-state index contributed by atoms with van der Waals surface area (Å²) in [6, 6.07) is 9.70. The summed E-state index contributed by atoms with van der Waals surface area (Å²) in [6.45, 7) is 0. The fourth-order valence-electron chi connectivity index (χ4n) is 2.33. The van der Waals surface area contributed by atoms with E-state index in [-0.39, 0.29) is 0 Å². The molecule has 0 aliphatic carbocycles. The molecule has 0 atom stereocenters. The van der Waals surface area contributed by atoms with Crippen LogP contribution in [-0.4, -0.2) is 19.5 Å². The topological polar surface area (TPSA) is 69.6 Å². The molecule has 0 saturated carbocycles. The number of rotatable bonds is 2. The maximum Gasteiger partial charge on any atom is 0.150 e. The van der Waals surface area contributed by atoms with E-state index in [4.69, 9.17) is 5.73 Å². The van der Waals surface area contributed by atoms with Gasteiger partial charge in [0, 0.05) is 23.6 Å². The second-order valence-corrected chi connectivity index (χ2v) is 5.48. The van der Waals surface area contributed by atoms with E-state index in [1.54, 1.807) is 23.9 Å². The molecule has 1 aromatic carbocycles. The van der Waals surface area contributed by atoms with Crippen LogP contribution in [0.3, 0.4) is 0 Å². The molecule has 3 aromatic heterocycles. The Morgan fingerprint density at radius 1 is 1.10 bits per heavy atom. The third kappa shape index (κ3) is 1.96. The number of benzene rings is 1. The van der Waals surface area contributed by atoms with Crippen molar-refractivity contribution >= 4 is 27.2 Å². The first-order valence-electron chi connectivity index (χ1n) is 6.41. The van der Waals surface area contributed by atoms with Crippen molar-refractivity contribution < 1.29 is 0 Å². The van der Waals surface area contributed by atoms with Crippen LogP contribution in [0.5, 0.6) is 0 Å². The van der Waals surface area contributed by atoms with Gasteiger partial charge in [-0.05, 0) is 23.6 Å². The van der Waals surface area contributed by atoms with Crippen molar-refractivity contribution in [1.29, 1.82) is 0 Å². The Hall–Kier alpha value is -2.73. The van der Waals surface area contributed by atoms with Crippen LogP contribution in [0, 0.1) is 0 Å². The summed E-state index contributed by atoms with van der Waals surface area (Å²) in [5.74, 6) is 1.64. The Morgan fingerprint density at radius 2 is 2.05 bits per heavy atom. The van der Waals surface area contributed by atoms with Crippen molar-refractivity contribution in [2.24, 2.45) is 0 Å². The van der Waals surface area contributed by atoms with Gasteiger partial charge in [-0.25, -0.2) is 15.0 Å². The lowest BCUT2D eigenvalue weighted by Gasteiger charge is -2.08. The zero-order valence-electron chi connectivity index (χ0n) is 11.0. The molecule has 0 amide bonds. The molecule has 0 aliphatic rings. The molecule has 0 saturated heterocycles. The number of hydrogen-bond donors (Lipinski definition) is 1. The summed E-state index contributed by atoms with van der Waals surface area (Å²) < 4.78 is 1.96. The van der Waals surface area contributed by atoms with Crippen LogP contribution in [0.2, 0.25) is 0 Å². The SMILES string of the molecule is Nc1cccc(-c2nccn2-c2ncnc3sccc23)c1. The van der Waals surface area contributed by atoms with Crippen LogP contribution in [-0.2, 0) is 0 Å². The summed E-state index contributed by atoms with van der Waals surface area (Å²) in [4.78, 5) is 14.1. The van der Waals surface area contributed by atoms with Crippen LogP contribution >= 0.6 is 11.3 Å². The number of hydrogen-bond acceptors (Lipinski definition) is 5. The molecule has 21 heavy (non-hydrogen) atoms. The highest BCUT2D eigenvalue weighted by Crippen LogP contribution is 2.27. The maximum absolute atomic E-state index is 5.87. The third-order valence-electron chi connectivity index (χ3n) is 3.25. The Kier molecular flexibility index (Phi) is 2.68. The van der Waals surface area contributed by atoms with Gasteiger partial charge in [0.1, 0.15) is 17.0 Å². The van der Waals surface area contributed by atoms with Crippen LogP contribution < -0.4 is 5.73 Å². The largest absolute Gasteiger partial charge is 0.399 e. The Labute approximate surface area is 124 Å². The highest BCUT2D eigenvalue weighted by atomic mass is 32.1. The van der Waals surface area contributed by atoms with Crippen molar-refractivity contribution in [1.82, 2.24) is 19.5 Å². The normalized spacial score (nSPS) is 11.0. The van der Waals surface area contributed by atoms with Crippen molar-refractivity contribution in [3.8, 4) is 17.2 Å². The number of imidazole rings is 1. The zero-order chi connectivity index (χ0) is 14.2. The summed E-state index contributed by atoms with van der Waals surface area (Å²) in [5, 5.41) is 3.03. The van der Waals surface area contributed by atoms with Gasteiger partial charge in [-0.1, -0.05) is 12.1 Å². The fraction of sp³-hybridized carbons (Fsp3) is 0. The lowest BCUT2D eigenvalue weighted by atomic mass is 10.2. The van der Waals surface area contributed by atoms with Gasteiger partial charge in [-0.3, -0.25) is 4.57 Å². The second-order valence-electron chi connectivity index (χ2n) is 4.58. The molecule has 4 rings (SSSR count). The second kappa shape index (κ2) is 4.68. The number of nitrogen functional groups attached to an aromatic ring is 1. The zero-order valence-corrected chi connectivity index (χ0v) is 11.8. The quantitative estimate of drug-likeness (QED) is 0.576.